The van der Waals surface area contributed by atoms with Crippen molar-refractivity contribution in [3.63, 3.8) is 0 Å². The third kappa shape index (κ3) is 6.35. The van der Waals surface area contributed by atoms with Gasteiger partial charge in [-0.2, -0.15) is 8.42 Å². The van der Waals surface area contributed by atoms with Crippen LogP contribution in [0.1, 0.15) is 12.8 Å². The molecule has 0 bridgehead atoms. The van der Waals surface area contributed by atoms with Crippen molar-refractivity contribution < 1.29 is 42.4 Å². The fourth-order valence-corrected chi connectivity index (χ4v) is 3.05. The van der Waals surface area contributed by atoms with Crippen LogP contribution >= 0.6 is 11.8 Å². The highest BCUT2D eigenvalue weighted by Gasteiger charge is 2.44. The average molecular weight is 373 g/mol. The van der Waals surface area contributed by atoms with E-state index in [0.717, 1.165) is 11.8 Å². The largest absolute Gasteiger partial charge is 0.466 e. The van der Waals surface area contributed by atoms with Gasteiger partial charge in [0.05, 0.1) is 6.61 Å². The summed E-state index contributed by atoms with van der Waals surface area (Å²) in [6.07, 6.45) is -3.62. The summed E-state index contributed by atoms with van der Waals surface area (Å²) in [5.41, 5.74) is -1.14. The van der Waals surface area contributed by atoms with Crippen LogP contribution in [0.15, 0.2) is 17.8 Å². The van der Waals surface area contributed by atoms with Crippen LogP contribution in [0.4, 0.5) is 0 Å². The van der Waals surface area contributed by atoms with E-state index in [-0.39, 0.29) is 11.5 Å². The Bertz CT molecular complexity index is 522. The van der Waals surface area contributed by atoms with Crippen LogP contribution in [-0.4, -0.2) is 74.9 Å². The summed E-state index contributed by atoms with van der Waals surface area (Å²) >= 11 is 0.727. The molecule has 0 amide bonds. The van der Waals surface area contributed by atoms with Crippen LogP contribution < -0.4 is 0 Å². The molecule has 1 fully saturated rings. The lowest BCUT2D eigenvalue weighted by Gasteiger charge is -2.39. The molecule has 1 aliphatic heterocycles. The predicted molar refractivity (Wildman–Crippen MR) is 80.9 cm³/mol. The molecular formula is C11H19NO9S2. The number of oxime groups is 1. The van der Waals surface area contributed by atoms with Crippen molar-refractivity contribution >= 4 is 27.2 Å². The summed E-state index contributed by atoms with van der Waals surface area (Å²) in [7, 11) is -4.79. The number of allylic oxidation sites excluding steroid dienone is 1. The summed E-state index contributed by atoms with van der Waals surface area (Å²) in [5, 5.41) is 41.7. The molecule has 23 heavy (non-hydrogen) atoms. The van der Waals surface area contributed by atoms with Gasteiger partial charge in [0.1, 0.15) is 34.9 Å². The second-order valence-electron chi connectivity index (χ2n) is 4.63. The Kier molecular flexibility index (Phi) is 7.89. The number of nitrogens with zero attached hydrogens (tertiary/aromatic N) is 1. The molecule has 0 aliphatic carbocycles. The molecule has 1 rings (SSSR count). The highest BCUT2D eigenvalue weighted by molar-refractivity contribution is 8.14. The minimum Gasteiger partial charge on any atom is -0.394 e. The molecule has 3 unspecified atom stereocenters. The number of aliphatic hydroxyl groups excluding tert-OH is 4. The first kappa shape index (κ1) is 20.3. The van der Waals surface area contributed by atoms with Gasteiger partial charge >= 0.3 is 10.4 Å². The Morgan fingerprint density at radius 2 is 1.96 bits per heavy atom. The first-order chi connectivity index (χ1) is 10.7. The maximum atomic E-state index is 10.6. The number of rotatable bonds is 7. The fraction of sp³-hybridized carbons (Fsp3) is 0.727. The van der Waals surface area contributed by atoms with Crippen LogP contribution in [-0.2, 0) is 19.4 Å². The van der Waals surface area contributed by atoms with Crippen molar-refractivity contribution in [2.75, 3.05) is 6.61 Å². The first-order valence-corrected chi connectivity index (χ1v) is 8.75. The van der Waals surface area contributed by atoms with Crippen molar-refractivity contribution in [3.05, 3.63) is 12.7 Å². The van der Waals surface area contributed by atoms with E-state index in [0.29, 0.717) is 6.42 Å². The molecule has 134 valence electrons. The molecule has 1 heterocycles. The molecule has 0 aromatic carbocycles. The Balaban J connectivity index is 2.86. The number of ether oxygens (including phenoxy) is 1. The zero-order chi connectivity index (χ0) is 17.6. The number of thioether (sulfide) groups is 1. The number of aliphatic hydroxyl groups is 4. The standard InChI is InChI=1S/C11H19NO9S2/c1-2-3-4-7(12-21-23(17,18)19)22-11-10(16)9(15)8(14)6(5-13)20-11/h2,6,8-11,13-16H,1,3-5H2,(H,17,18,19)/b12-7+/t6?,8-,9?,10?,11+/m1/s1. The smallest absolute Gasteiger partial charge is 0.394 e. The summed E-state index contributed by atoms with van der Waals surface area (Å²) < 4.78 is 38.9. The summed E-state index contributed by atoms with van der Waals surface area (Å²) in [6.45, 7) is 2.90. The van der Waals surface area contributed by atoms with Gasteiger partial charge < -0.3 is 25.2 Å². The third-order valence-electron chi connectivity index (χ3n) is 2.90. The molecule has 1 aliphatic rings. The molecule has 0 radical (unpaired) electrons. The van der Waals surface area contributed by atoms with Crippen molar-refractivity contribution in [2.45, 2.75) is 42.7 Å². The van der Waals surface area contributed by atoms with Gasteiger partial charge in [0.25, 0.3) is 0 Å². The van der Waals surface area contributed by atoms with Gasteiger partial charge in [-0.15, -0.1) is 6.58 Å². The van der Waals surface area contributed by atoms with Gasteiger partial charge in [-0.05, 0) is 6.42 Å². The first-order valence-electron chi connectivity index (χ1n) is 6.50. The topological polar surface area (TPSA) is 166 Å². The molecule has 1 saturated heterocycles. The SMILES string of the molecule is C=CCC/C(=N\OS(=O)(=O)O)S[C@@H]1OC(CO)[C@@H](O)C(O)C1O. The van der Waals surface area contributed by atoms with Crippen molar-refractivity contribution in [1.29, 1.82) is 0 Å². The second kappa shape index (κ2) is 8.94. The van der Waals surface area contributed by atoms with E-state index in [2.05, 4.69) is 16.0 Å². The van der Waals surface area contributed by atoms with Crippen LogP contribution in [0.5, 0.6) is 0 Å². The summed E-state index contributed by atoms with van der Waals surface area (Å²) in [4.78, 5) is 0. The third-order valence-corrected chi connectivity index (χ3v) is 4.33. The minimum atomic E-state index is -4.79. The highest BCUT2D eigenvalue weighted by atomic mass is 32.3. The van der Waals surface area contributed by atoms with Crippen LogP contribution in [0.2, 0.25) is 0 Å². The predicted octanol–water partition coefficient (Wildman–Crippen LogP) is -1.38. The lowest BCUT2D eigenvalue weighted by Crippen LogP contribution is -2.57. The molecule has 5 atom stereocenters. The van der Waals surface area contributed by atoms with E-state index in [4.69, 9.17) is 14.4 Å². The number of hydrogen-bond donors (Lipinski definition) is 5. The lowest BCUT2D eigenvalue weighted by atomic mass is 10.0. The average Bonchev–Trinajstić information content (AvgIpc) is 2.49. The van der Waals surface area contributed by atoms with Crippen LogP contribution in [0, 0.1) is 0 Å². The van der Waals surface area contributed by atoms with Gasteiger partial charge in [-0.1, -0.05) is 23.0 Å². The van der Waals surface area contributed by atoms with E-state index in [1.165, 1.54) is 6.08 Å². The molecule has 0 aromatic heterocycles. The maximum Gasteiger partial charge on any atom is 0.466 e. The molecule has 10 nitrogen and oxygen atoms in total. The molecule has 5 N–H and O–H groups in total. The van der Waals surface area contributed by atoms with Gasteiger partial charge in [-0.3, -0.25) is 4.55 Å². The molecular weight excluding hydrogens is 354 g/mol. The van der Waals surface area contributed by atoms with Crippen molar-refractivity contribution in [1.82, 2.24) is 0 Å². The lowest BCUT2D eigenvalue weighted by molar-refractivity contribution is -0.205. The second-order valence-corrected chi connectivity index (χ2v) is 6.81. The van der Waals surface area contributed by atoms with Gasteiger partial charge in [-0.25, -0.2) is 4.28 Å². The minimum absolute atomic E-state index is 0.0341. The van der Waals surface area contributed by atoms with Gasteiger partial charge in [0.15, 0.2) is 0 Å². The Morgan fingerprint density at radius 1 is 1.30 bits per heavy atom. The van der Waals surface area contributed by atoms with Crippen LogP contribution in [0.25, 0.3) is 0 Å². The molecule has 0 aromatic rings. The molecule has 0 spiro atoms. The van der Waals surface area contributed by atoms with Crippen molar-refractivity contribution in [3.8, 4) is 0 Å². The summed E-state index contributed by atoms with van der Waals surface area (Å²) in [5.74, 6) is 0. The fourth-order valence-electron chi connectivity index (χ4n) is 1.74. The van der Waals surface area contributed by atoms with Crippen LogP contribution in [0.3, 0.4) is 0 Å². The Labute approximate surface area is 137 Å². The van der Waals surface area contributed by atoms with Gasteiger partial charge in [0.2, 0.25) is 0 Å². The van der Waals surface area contributed by atoms with E-state index in [1.54, 1.807) is 0 Å². The van der Waals surface area contributed by atoms with Gasteiger partial charge in [0, 0.05) is 6.42 Å². The molecule has 12 heteroatoms. The highest BCUT2D eigenvalue weighted by Crippen LogP contribution is 2.30. The maximum absolute atomic E-state index is 10.6. The molecule has 0 saturated carbocycles. The zero-order valence-electron chi connectivity index (χ0n) is 11.9. The quantitative estimate of drug-likeness (QED) is 0.118. The normalized spacial score (nSPS) is 32.6. The zero-order valence-corrected chi connectivity index (χ0v) is 13.6. The monoisotopic (exact) mass is 373 g/mol. The van der Waals surface area contributed by atoms with E-state index < -0.39 is 46.9 Å². The summed E-state index contributed by atoms with van der Waals surface area (Å²) in [6, 6.07) is 0. The van der Waals surface area contributed by atoms with E-state index in [1.807, 2.05) is 0 Å². The van der Waals surface area contributed by atoms with E-state index in [9.17, 15) is 23.7 Å². The Hall–Kier alpha value is -0.730. The number of hydrogen-bond acceptors (Lipinski definition) is 10. The van der Waals surface area contributed by atoms with Crippen molar-refractivity contribution in [2.24, 2.45) is 5.16 Å². The van der Waals surface area contributed by atoms with E-state index >= 15 is 0 Å². The Morgan fingerprint density at radius 3 is 2.48 bits per heavy atom.